The molecule has 2 aromatic rings. The first-order valence-electron chi connectivity index (χ1n) is 4.89. The minimum atomic E-state index is -0.382. The van der Waals surface area contributed by atoms with Gasteiger partial charge in [0.15, 0.2) is 0 Å². The minimum Gasteiger partial charge on any atom is -0.465 e. The zero-order valence-corrected chi connectivity index (χ0v) is 9.88. The highest BCUT2D eigenvalue weighted by atomic mass is 32.2. The summed E-state index contributed by atoms with van der Waals surface area (Å²) >= 11 is 1.42. The summed E-state index contributed by atoms with van der Waals surface area (Å²) in [5, 5.41) is 0.803. The molecule has 0 aliphatic heterocycles. The molecule has 0 saturated heterocycles. The maximum Gasteiger partial charge on any atom is 0.339 e. The van der Waals surface area contributed by atoms with Crippen molar-refractivity contribution in [3.05, 3.63) is 47.9 Å². The second kappa shape index (κ2) is 5.05. The van der Waals surface area contributed by atoms with E-state index < -0.39 is 0 Å². The lowest BCUT2D eigenvalue weighted by atomic mass is 10.3. The van der Waals surface area contributed by atoms with Gasteiger partial charge in [0.2, 0.25) is 0 Å². The number of aromatic nitrogens is 1. The van der Waals surface area contributed by atoms with Crippen molar-refractivity contribution in [2.24, 2.45) is 0 Å². The van der Waals surface area contributed by atoms with Crippen LogP contribution in [0, 0.1) is 5.82 Å². The molecular weight excluding hydrogens is 241 g/mol. The fraction of sp³-hybridized carbons (Fsp3) is 0.0833. The number of aromatic amines is 1. The van der Waals surface area contributed by atoms with Crippen LogP contribution in [0.2, 0.25) is 0 Å². The van der Waals surface area contributed by atoms with E-state index in [-0.39, 0.29) is 11.8 Å². The van der Waals surface area contributed by atoms with Gasteiger partial charge < -0.3 is 9.72 Å². The van der Waals surface area contributed by atoms with E-state index in [4.69, 9.17) is 0 Å². The van der Waals surface area contributed by atoms with Gasteiger partial charge in [-0.15, -0.1) is 0 Å². The van der Waals surface area contributed by atoms with Gasteiger partial charge in [-0.3, -0.25) is 0 Å². The smallest absolute Gasteiger partial charge is 0.339 e. The number of hydrogen-bond donors (Lipinski definition) is 1. The van der Waals surface area contributed by atoms with Crippen LogP contribution in [0.15, 0.2) is 46.5 Å². The fourth-order valence-electron chi connectivity index (χ4n) is 1.30. The molecule has 2 rings (SSSR count). The van der Waals surface area contributed by atoms with Gasteiger partial charge in [-0.25, -0.2) is 9.18 Å². The summed E-state index contributed by atoms with van der Waals surface area (Å²) in [5.41, 5.74) is 0.470. The number of H-pyrrole nitrogens is 1. The Morgan fingerprint density at radius 3 is 2.71 bits per heavy atom. The van der Waals surface area contributed by atoms with Crippen molar-refractivity contribution in [1.82, 2.24) is 4.98 Å². The van der Waals surface area contributed by atoms with Crippen LogP contribution in [-0.4, -0.2) is 18.1 Å². The second-order valence-corrected chi connectivity index (χ2v) is 4.42. The fourth-order valence-corrected chi connectivity index (χ4v) is 2.13. The summed E-state index contributed by atoms with van der Waals surface area (Å²) in [6, 6.07) is 7.84. The molecule has 0 bridgehead atoms. The average molecular weight is 251 g/mol. The molecule has 0 unspecified atom stereocenters. The van der Waals surface area contributed by atoms with E-state index >= 15 is 0 Å². The molecule has 0 aliphatic rings. The topological polar surface area (TPSA) is 42.1 Å². The largest absolute Gasteiger partial charge is 0.465 e. The molecule has 0 aliphatic carbocycles. The van der Waals surface area contributed by atoms with Crippen molar-refractivity contribution in [2.45, 2.75) is 9.92 Å². The Kier molecular flexibility index (Phi) is 3.49. The van der Waals surface area contributed by atoms with E-state index in [1.165, 1.54) is 31.0 Å². The monoisotopic (exact) mass is 251 g/mol. The SMILES string of the molecule is COC(=O)c1c[nH]c(Sc2ccc(F)cc2)c1. The molecule has 0 amide bonds. The van der Waals surface area contributed by atoms with Crippen LogP contribution in [-0.2, 0) is 4.74 Å². The third-order valence-corrected chi connectivity index (χ3v) is 3.08. The maximum atomic E-state index is 12.7. The van der Waals surface area contributed by atoms with Crippen LogP contribution in [0.4, 0.5) is 4.39 Å². The van der Waals surface area contributed by atoms with Gasteiger partial charge in [0.05, 0.1) is 17.7 Å². The lowest BCUT2D eigenvalue weighted by Gasteiger charge is -1.97. The van der Waals surface area contributed by atoms with Crippen LogP contribution in [0.25, 0.3) is 0 Å². The van der Waals surface area contributed by atoms with Crippen molar-refractivity contribution in [3.8, 4) is 0 Å². The summed E-state index contributed by atoms with van der Waals surface area (Å²) in [6.45, 7) is 0. The normalized spacial score (nSPS) is 10.2. The number of benzene rings is 1. The predicted molar refractivity (Wildman–Crippen MR) is 62.7 cm³/mol. The standard InChI is InChI=1S/C12H10FNO2S/c1-16-12(15)8-6-11(14-7-8)17-10-4-2-9(13)3-5-10/h2-7,14H,1H3. The number of ether oxygens (including phenoxy) is 1. The Morgan fingerprint density at radius 1 is 1.35 bits per heavy atom. The summed E-state index contributed by atoms with van der Waals surface area (Å²) in [4.78, 5) is 15.1. The third kappa shape index (κ3) is 2.88. The molecule has 1 N–H and O–H groups in total. The first kappa shape index (κ1) is 11.7. The summed E-state index contributed by atoms with van der Waals surface area (Å²) in [6.07, 6.45) is 1.58. The van der Waals surface area contributed by atoms with E-state index in [2.05, 4.69) is 9.72 Å². The van der Waals surface area contributed by atoms with Gasteiger partial charge in [0.25, 0.3) is 0 Å². The third-order valence-electron chi connectivity index (χ3n) is 2.12. The summed E-state index contributed by atoms with van der Waals surface area (Å²) < 4.78 is 17.3. The Balaban J connectivity index is 2.11. The van der Waals surface area contributed by atoms with Crippen molar-refractivity contribution in [2.75, 3.05) is 7.11 Å². The Labute approximate surface area is 102 Å². The van der Waals surface area contributed by atoms with Crippen LogP contribution in [0.1, 0.15) is 10.4 Å². The van der Waals surface area contributed by atoms with Gasteiger partial charge in [-0.05, 0) is 30.3 Å². The molecule has 5 heteroatoms. The Bertz CT molecular complexity index is 522. The number of rotatable bonds is 3. The molecule has 1 heterocycles. The number of nitrogens with one attached hydrogen (secondary N) is 1. The second-order valence-electron chi connectivity index (χ2n) is 3.30. The van der Waals surface area contributed by atoms with E-state index in [0.717, 1.165) is 9.92 Å². The Hall–Kier alpha value is -1.75. The lowest BCUT2D eigenvalue weighted by molar-refractivity contribution is 0.0601. The van der Waals surface area contributed by atoms with Crippen molar-refractivity contribution in [3.63, 3.8) is 0 Å². The van der Waals surface area contributed by atoms with E-state index in [1.54, 1.807) is 24.4 Å². The molecule has 1 aromatic carbocycles. The Morgan fingerprint density at radius 2 is 2.06 bits per heavy atom. The number of carbonyl (C=O) groups is 1. The minimum absolute atomic E-state index is 0.268. The summed E-state index contributed by atoms with van der Waals surface area (Å²) in [7, 11) is 1.34. The molecule has 1 aromatic heterocycles. The number of carbonyl (C=O) groups excluding carboxylic acids is 1. The molecule has 17 heavy (non-hydrogen) atoms. The number of halogens is 1. The number of hydrogen-bond acceptors (Lipinski definition) is 3. The molecule has 0 radical (unpaired) electrons. The van der Waals surface area contributed by atoms with Crippen molar-refractivity contribution in [1.29, 1.82) is 0 Å². The molecule has 0 atom stereocenters. The van der Waals surface area contributed by atoms with E-state index in [1.807, 2.05) is 0 Å². The highest BCUT2D eigenvalue weighted by Gasteiger charge is 2.08. The van der Waals surface area contributed by atoms with Crippen LogP contribution in [0.3, 0.4) is 0 Å². The van der Waals surface area contributed by atoms with Crippen molar-refractivity contribution < 1.29 is 13.9 Å². The highest BCUT2D eigenvalue weighted by molar-refractivity contribution is 7.99. The van der Waals surface area contributed by atoms with E-state index in [0.29, 0.717) is 5.56 Å². The van der Waals surface area contributed by atoms with Gasteiger partial charge in [0.1, 0.15) is 5.82 Å². The van der Waals surface area contributed by atoms with Crippen LogP contribution >= 0.6 is 11.8 Å². The highest BCUT2D eigenvalue weighted by Crippen LogP contribution is 2.27. The van der Waals surface area contributed by atoms with Crippen molar-refractivity contribution >= 4 is 17.7 Å². The molecule has 0 spiro atoms. The first-order chi connectivity index (χ1) is 8.19. The zero-order chi connectivity index (χ0) is 12.3. The molecule has 0 fully saturated rings. The van der Waals surface area contributed by atoms with E-state index in [9.17, 15) is 9.18 Å². The lowest BCUT2D eigenvalue weighted by Crippen LogP contribution is -1.98. The predicted octanol–water partition coefficient (Wildman–Crippen LogP) is 3.09. The number of esters is 1. The maximum absolute atomic E-state index is 12.7. The van der Waals surface area contributed by atoms with Gasteiger partial charge in [-0.1, -0.05) is 11.8 Å². The summed E-state index contributed by atoms with van der Waals surface area (Å²) in [5.74, 6) is -0.650. The van der Waals surface area contributed by atoms with Crippen LogP contribution < -0.4 is 0 Å². The molecule has 0 saturated carbocycles. The van der Waals surface area contributed by atoms with Crippen LogP contribution in [0.5, 0.6) is 0 Å². The molecular formula is C12H10FNO2S. The van der Waals surface area contributed by atoms with Gasteiger partial charge in [-0.2, -0.15) is 0 Å². The average Bonchev–Trinajstić information content (AvgIpc) is 2.80. The quantitative estimate of drug-likeness (QED) is 0.852. The van der Waals surface area contributed by atoms with Gasteiger partial charge in [0, 0.05) is 11.1 Å². The molecule has 3 nitrogen and oxygen atoms in total. The first-order valence-corrected chi connectivity index (χ1v) is 5.71. The number of methoxy groups -OCH3 is 1. The molecule has 88 valence electrons. The zero-order valence-electron chi connectivity index (χ0n) is 9.07. The van der Waals surface area contributed by atoms with Gasteiger partial charge >= 0.3 is 5.97 Å².